The molecule has 6 heteroatoms. The van der Waals surface area contributed by atoms with Gasteiger partial charge in [-0.2, -0.15) is 0 Å². The van der Waals surface area contributed by atoms with E-state index >= 15 is 0 Å². The quantitative estimate of drug-likeness (QED) is 0.554. The Labute approximate surface area is 142 Å². The lowest BCUT2D eigenvalue weighted by Gasteiger charge is -2.06. The van der Waals surface area contributed by atoms with Gasteiger partial charge in [-0.3, -0.25) is 9.59 Å². The van der Waals surface area contributed by atoms with E-state index in [0.717, 1.165) is 5.56 Å². The lowest BCUT2D eigenvalue weighted by Crippen LogP contribution is -2.30. The number of hydrogen-bond donors (Lipinski definition) is 2. The molecular formula is C17H12Cl2N2O2. The lowest BCUT2D eigenvalue weighted by atomic mass is 10.1. The molecule has 2 aromatic carbocycles. The van der Waals surface area contributed by atoms with E-state index in [9.17, 15) is 9.59 Å². The summed E-state index contributed by atoms with van der Waals surface area (Å²) in [5.74, 6) is -1.29. The van der Waals surface area contributed by atoms with E-state index in [0.29, 0.717) is 26.5 Å². The molecule has 116 valence electrons. The largest absolute Gasteiger partial charge is 0.360 e. The summed E-state index contributed by atoms with van der Waals surface area (Å²) in [5.41, 5.74) is 1.77. The van der Waals surface area contributed by atoms with E-state index in [2.05, 4.69) is 10.3 Å². The van der Waals surface area contributed by atoms with E-state index in [1.165, 1.54) is 6.20 Å². The fourth-order valence-corrected chi connectivity index (χ4v) is 2.68. The predicted molar refractivity (Wildman–Crippen MR) is 90.9 cm³/mol. The molecule has 0 unspecified atom stereocenters. The maximum atomic E-state index is 12.3. The minimum Gasteiger partial charge on any atom is -0.360 e. The third kappa shape index (κ3) is 3.23. The molecular weight excluding hydrogens is 335 g/mol. The minimum absolute atomic E-state index is 0.193. The van der Waals surface area contributed by atoms with Crippen LogP contribution in [0.3, 0.4) is 0 Å². The van der Waals surface area contributed by atoms with E-state index in [4.69, 9.17) is 23.2 Å². The van der Waals surface area contributed by atoms with Crippen LogP contribution in [0.2, 0.25) is 10.0 Å². The number of halogens is 2. The van der Waals surface area contributed by atoms with Crippen LogP contribution in [0.4, 0.5) is 0 Å². The second kappa shape index (κ2) is 6.44. The van der Waals surface area contributed by atoms with Crippen LogP contribution in [0, 0.1) is 0 Å². The number of benzene rings is 2. The number of aromatic amines is 1. The molecule has 0 aliphatic rings. The van der Waals surface area contributed by atoms with Gasteiger partial charge in [-0.1, -0.05) is 47.5 Å². The Balaban J connectivity index is 1.76. The van der Waals surface area contributed by atoms with Gasteiger partial charge in [0.2, 0.25) is 0 Å². The van der Waals surface area contributed by atoms with E-state index < -0.39 is 11.7 Å². The third-order valence-electron chi connectivity index (χ3n) is 3.49. The summed E-state index contributed by atoms with van der Waals surface area (Å²) in [6.45, 7) is 0.193. The monoisotopic (exact) mass is 346 g/mol. The van der Waals surface area contributed by atoms with Crippen LogP contribution in [0.25, 0.3) is 10.9 Å². The summed E-state index contributed by atoms with van der Waals surface area (Å²) in [4.78, 5) is 27.3. The molecule has 0 bridgehead atoms. The van der Waals surface area contributed by atoms with Gasteiger partial charge in [-0.25, -0.2) is 0 Å². The highest BCUT2D eigenvalue weighted by Gasteiger charge is 2.20. The van der Waals surface area contributed by atoms with Crippen LogP contribution in [0.1, 0.15) is 15.9 Å². The summed E-state index contributed by atoms with van der Waals surface area (Å²) in [6.07, 6.45) is 1.51. The Bertz CT molecular complexity index is 902. The van der Waals surface area contributed by atoms with Crippen LogP contribution in [-0.2, 0) is 11.3 Å². The van der Waals surface area contributed by atoms with Crippen LogP contribution in [-0.4, -0.2) is 16.7 Å². The van der Waals surface area contributed by atoms with Gasteiger partial charge < -0.3 is 10.3 Å². The van der Waals surface area contributed by atoms with Crippen molar-refractivity contribution >= 4 is 45.8 Å². The molecule has 1 amide bonds. The highest BCUT2D eigenvalue weighted by atomic mass is 35.5. The number of carbonyl (C=O) groups excluding carboxylic acids is 2. The molecule has 0 radical (unpaired) electrons. The fourth-order valence-electron chi connectivity index (χ4n) is 2.31. The third-order valence-corrected chi connectivity index (χ3v) is 4.10. The fraction of sp³-hybridized carbons (Fsp3) is 0.0588. The molecule has 3 rings (SSSR count). The lowest BCUT2D eigenvalue weighted by molar-refractivity contribution is -0.117. The summed E-state index contributed by atoms with van der Waals surface area (Å²) in [6, 6.07) is 12.2. The van der Waals surface area contributed by atoms with Gasteiger partial charge in [0.05, 0.1) is 5.56 Å². The van der Waals surface area contributed by atoms with Crippen molar-refractivity contribution in [3.63, 3.8) is 0 Å². The molecule has 0 saturated heterocycles. The summed E-state index contributed by atoms with van der Waals surface area (Å²) in [5, 5.41) is 4.35. The number of Topliss-reactive ketones (excluding diaryl/α,β-unsaturated/α-hetero) is 1. The number of rotatable bonds is 4. The van der Waals surface area contributed by atoms with Gasteiger partial charge >= 0.3 is 0 Å². The van der Waals surface area contributed by atoms with Crippen molar-refractivity contribution in [3.05, 3.63) is 69.8 Å². The summed E-state index contributed by atoms with van der Waals surface area (Å²) in [7, 11) is 0. The van der Waals surface area contributed by atoms with Crippen molar-refractivity contribution in [1.29, 1.82) is 0 Å². The first kappa shape index (κ1) is 15.6. The number of amides is 1. The van der Waals surface area contributed by atoms with Crippen LogP contribution < -0.4 is 5.32 Å². The maximum Gasteiger partial charge on any atom is 0.292 e. The van der Waals surface area contributed by atoms with Gasteiger partial charge in [0.1, 0.15) is 0 Å². The summed E-state index contributed by atoms with van der Waals surface area (Å²) < 4.78 is 0. The zero-order valence-electron chi connectivity index (χ0n) is 11.9. The molecule has 0 atom stereocenters. The Morgan fingerprint density at radius 2 is 1.87 bits per heavy atom. The highest BCUT2D eigenvalue weighted by Crippen LogP contribution is 2.22. The smallest absolute Gasteiger partial charge is 0.292 e. The van der Waals surface area contributed by atoms with E-state index in [-0.39, 0.29) is 6.54 Å². The number of carbonyl (C=O) groups is 2. The number of hydrogen-bond acceptors (Lipinski definition) is 2. The normalized spacial score (nSPS) is 10.7. The van der Waals surface area contributed by atoms with Crippen molar-refractivity contribution in [2.24, 2.45) is 0 Å². The number of H-pyrrole nitrogens is 1. The Hall–Kier alpha value is -2.30. The second-order valence-corrected chi connectivity index (χ2v) is 5.84. The molecule has 0 spiro atoms. The number of nitrogens with one attached hydrogen (secondary N) is 2. The molecule has 2 N–H and O–H groups in total. The standard InChI is InChI=1S/C17H12Cl2N2O2/c18-11-5-6-12-13(9-20-15(12)7-11)16(22)17(23)21-8-10-3-1-2-4-14(10)19/h1-7,9,20H,8H2,(H,21,23). The molecule has 3 aromatic rings. The number of aromatic nitrogens is 1. The molecule has 0 saturated carbocycles. The molecule has 23 heavy (non-hydrogen) atoms. The van der Waals surface area contributed by atoms with Crippen molar-refractivity contribution in [2.45, 2.75) is 6.54 Å². The van der Waals surface area contributed by atoms with Crippen molar-refractivity contribution < 1.29 is 9.59 Å². The Morgan fingerprint density at radius 1 is 1.09 bits per heavy atom. The van der Waals surface area contributed by atoms with Crippen LogP contribution >= 0.6 is 23.2 Å². The van der Waals surface area contributed by atoms with Crippen molar-refractivity contribution in [1.82, 2.24) is 10.3 Å². The highest BCUT2D eigenvalue weighted by molar-refractivity contribution is 6.45. The SMILES string of the molecule is O=C(NCc1ccccc1Cl)C(=O)c1c[nH]c2cc(Cl)ccc12. The molecule has 1 aromatic heterocycles. The molecule has 1 heterocycles. The zero-order chi connectivity index (χ0) is 16.4. The van der Waals surface area contributed by atoms with Crippen molar-refractivity contribution in [2.75, 3.05) is 0 Å². The zero-order valence-corrected chi connectivity index (χ0v) is 13.4. The van der Waals surface area contributed by atoms with Gasteiger partial charge in [0.25, 0.3) is 11.7 Å². The van der Waals surface area contributed by atoms with Crippen molar-refractivity contribution in [3.8, 4) is 0 Å². The van der Waals surface area contributed by atoms with Crippen LogP contribution in [0.15, 0.2) is 48.7 Å². The first-order valence-electron chi connectivity index (χ1n) is 6.89. The molecule has 0 aliphatic carbocycles. The second-order valence-electron chi connectivity index (χ2n) is 5.00. The Kier molecular flexibility index (Phi) is 4.37. The topological polar surface area (TPSA) is 62.0 Å². The average Bonchev–Trinajstić information content (AvgIpc) is 2.96. The van der Waals surface area contributed by atoms with Crippen LogP contribution in [0.5, 0.6) is 0 Å². The molecule has 0 aliphatic heterocycles. The number of fused-ring (bicyclic) bond motifs is 1. The first-order chi connectivity index (χ1) is 11.1. The molecule has 4 nitrogen and oxygen atoms in total. The molecule has 0 fully saturated rings. The first-order valence-corrected chi connectivity index (χ1v) is 7.64. The van der Waals surface area contributed by atoms with Gasteiger partial charge in [0, 0.05) is 33.7 Å². The van der Waals surface area contributed by atoms with Gasteiger partial charge in [-0.15, -0.1) is 0 Å². The average molecular weight is 347 g/mol. The summed E-state index contributed by atoms with van der Waals surface area (Å²) >= 11 is 11.9. The van der Waals surface area contributed by atoms with Gasteiger partial charge in [-0.05, 0) is 23.8 Å². The predicted octanol–water partition coefficient (Wildman–Crippen LogP) is 3.97. The number of ketones is 1. The Morgan fingerprint density at radius 3 is 2.65 bits per heavy atom. The minimum atomic E-state index is -0.680. The van der Waals surface area contributed by atoms with Gasteiger partial charge in [0.15, 0.2) is 0 Å². The maximum absolute atomic E-state index is 12.3. The van der Waals surface area contributed by atoms with E-state index in [1.807, 2.05) is 6.07 Å². The van der Waals surface area contributed by atoms with E-state index in [1.54, 1.807) is 36.4 Å².